The van der Waals surface area contributed by atoms with Crippen LogP contribution in [0.25, 0.3) is 0 Å². The van der Waals surface area contributed by atoms with E-state index in [9.17, 15) is 8.42 Å². The molecule has 0 unspecified atom stereocenters. The molecule has 0 amide bonds. The fourth-order valence-electron chi connectivity index (χ4n) is 1.49. The van der Waals surface area contributed by atoms with Gasteiger partial charge in [-0.05, 0) is 39.7 Å². The summed E-state index contributed by atoms with van der Waals surface area (Å²) < 4.78 is 27.5. The van der Waals surface area contributed by atoms with Crippen LogP contribution in [0, 0.1) is 0 Å². The van der Waals surface area contributed by atoms with Crippen LogP contribution in [0.15, 0.2) is 46.2 Å². The van der Waals surface area contributed by atoms with Crippen molar-refractivity contribution in [3.8, 4) is 0 Å². The molecule has 9 heteroatoms. The van der Waals surface area contributed by atoms with Crippen LogP contribution >= 0.6 is 15.9 Å². The second-order valence-electron chi connectivity index (χ2n) is 3.82. The van der Waals surface area contributed by atoms with E-state index in [-0.39, 0.29) is 17.3 Å². The Kier molecular flexibility index (Phi) is 4.65. The van der Waals surface area contributed by atoms with Gasteiger partial charge in [0.05, 0.1) is 0 Å². The lowest BCUT2D eigenvalue weighted by Gasteiger charge is -2.10. The maximum Gasteiger partial charge on any atom is 0.244 e. The molecule has 0 aliphatic carbocycles. The molecule has 0 radical (unpaired) electrons. The Morgan fingerprint density at radius 3 is 2.65 bits per heavy atom. The van der Waals surface area contributed by atoms with Crippen LogP contribution in [0.3, 0.4) is 0 Å². The second-order valence-corrected chi connectivity index (χ2v) is 6.48. The van der Waals surface area contributed by atoms with Gasteiger partial charge in [-0.25, -0.2) is 24.0 Å². The molecule has 0 atom stereocenters. The third kappa shape index (κ3) is 3.51. The molecule has 0 fully saturated rings. The molecule has 7 nitrogen and oxygen atoms in total. The monoisotopic (exact) mass is 357 g/mol. The number of pyridine rings is 2. The molecule has 2 aromatic rings. The Balaban J connectivity index is 2.24. The minimum atomic E-state index is -3.73. The number of nitrogens with one attached hydrogen (secondary N) is 2. The molecule has 4 N–H and O–H groups in total. The van der Waals surface area contributed by atoms with Gasteiger partial charge in [-0.1, -0.05) is 0 Å². The van der Waals surface area contributed by atoms with E-state index < -0.39 is 10.0 Å². The number of hydrogen-bond acceptors (Lipinski definition) is 6. The summed E-state index contributed by atoms with van der Waals surface area (Å²) in [6.07, 6.45) is 4.64. The van der Waals surface area contributed by atoms with Crippen LogP contribution in [-0.2, 0) is 16.6 Å². The Morgan fingerprint density at radius 1 is 1.30 bits per heavy atom. The highest BCUT2D eigenvalue weighted by Gasteiger charge is 2.19. The average Bonchev–Trinajstić information content (AvgIpc) is 2.46. The molecule has 0 aliphatic heterocycles. The van der Waals surface area contributed by atoms with Gasteiger partial charge >= 0.3 is 0 Å². The van der Waals surface area contributed by atoms with Crippen molar-refractivity contribution in [2.75, 3.05) is 5.43 Å². The van der Waals surface area contributed by atoms with Gasteiger partial charge < -0.3 is 5.43 Å². The standard InChI is InChI=1S/C11H12BrN5O2S/c12-9-5-10(11(17-13)15-7-9)20(18,19)16-6-8-1-3-14-4-2-8/h1-5,7,16H,6,13H2,(H,15,17). The summed E-state index contributed by atoms with van der Waals surface area (Å²) in [4.78, 5) is 7.75. The number of nitrogen functional groups attached to an aromatic ring is 1. The molecule has 0 aliphatic rings. The zero-order valence-corrected chi connectivity index (χ0v) is 12.6. The lowest BCUT2D eigenvalue weighted by Crippen LogP contribution is -2.25. The highest BCUT2D eigenvalue weighted by atomic mass is 79.9. The van der Waals surface area contributed by atoms with Gasteiger partial charge in [0, 0.05) is 29.6 Å². The van der Waals surface area contributed by atoms with Crippen LogP contribution in [0.2, 0.25) is 0 Å². The van der Waals surface area contributed by atoms with E-state index in [4.69, 9.17) is 5.84 Å². The van der Waals surface area contributed by atoms with Crippen molar-refractivity contribution in [1.82, 2.24) is 14.7 Å². The quantitative estimate of drug-likeness (QED) is 0.543. The number of nitrogens with zero attached hydrogens (tertiary/aromatic N) is 2. The summed E-state index contributed by atoms with van der Waals surface area (Å²) in [5, 5.41) is 0. The summed E-state index contributed by atoms with van der Waals surface area (Å²) in [7, 11) is -3.73. The van der Waals surface area contributed by atoms with E-state index in [0.717, 1.165) is 5.56 Å². The number of rotatable bonds is 5. The summed E-state index contributed by atoms with van der Waals surface area (Å²) in [6.45, 7) is 0.154. The van der Waals surface area contributed by atoms with Crippen LogP contribution in [-0.4, -0.2) is 18.4 Å². The van der Waals surface area contributed by atoms with Gasteiger partial charge in [-0.15, -0.1) is 0 Å². The predicted molar refractivity (Wildman–Crippen MR) is 78.0 cm³/mol. The van der Waals surface area contributed by atoms with E-state index >= 15 is 0 Å². The van der Waals surface area contributed by atoms with Crippen molar-refractivity contribution in [1.29, 1.82) is 0 Å². The van der Waals surface area contributed by atoms with E-state index in [1.807, 2.05) is 0 Å². The zero-order valence-electron chi connectivity index (χ0n) is 10.2. The molecule has 2 rings (SSSR count). The number of sulfonamides is 1. The molecule has 20 heavy (non-hydrogen) atoms. The van der Waals surface area contributed by atoms with E-state index in [1.165, 1.54) is 12.3 Å². The summed E-state index contributed by atoms with van der Waals surface area (Å²) in [5.74, 6) is 5.36. The molecule has 0 saturated carbocycles. The van der Waals surface area contributed by atoms with Gasteiger partial charge in [0.2, 0.25) is 10.0 Å². The van der Waals surface area contributed by atoms with Gasteiger partial charge in [0.1, 0.15) is 4.90 Å². The van der Waals surface area contributed by atoms with Crippen molar-refractivity contribution in [3.05, 3.63) is 46.8 Å². The van der Waals surface area contributed by atoms with Crippen LogP contribution in [0.1, 0.15) is 5.56 Å². The molecule has 0 aromatic carbocycles. The lowest BCUT2D eigenvalue weighted by molar-refractivity contribution is 0.581. The number of hydrazine groups is 1. The largest absolute Gasteiger partial charge is 0.307 e. The maximum absolute atomic E-state index is 12.3. The first-order chi connectivity index (χ1) is 9.53. The number of aromatic nitrogens is 2. The van der Waals surface area contributed by atoms with Crippen molar-refractivity contribution in [2.45, 2.75) is 11.4 Å². The van der Waals surface area contributed by atoms with Gasteiger partial charge in [-0.3, -0.25) is 4.98 Å². The Bertz CT molecular complexity index is 693. The third-order valence-electron chi connectivity index (χ3n) is 2.46. The zero-order chi connectivity index (χ0) is 14.6. The third-order valence-corrected chi connectivity index (χ3v) is 4.31. The molecule has 2 aromatic heterocycles. The van der Waals surface area contributed by atoms with Crippen LogP contribution in [0.4, 0.5) is 5.82 Å². The number of nitrogens with two attached hydrogens (primary N) is 1. The fraction of sp³-hybridized carbons (Fsp3) is 0.0909. The van der Waals surface area contributed by atoms with Gasteiger partial charge in [-0.2, -0.15) is 0 Å². The highest BCUT2D eigenvalue weighted by molar-refractivity contribution is 9.10. The number of hydrogen-bond donors (Lipinski definition) is 3. The van der Waals surface area contributed by atoms with Crippen molar-refractivity contribution < 1.29 is 8.42 Å². The smallest absolute Gasteiger partial charge is 0.244 e. The molecule has 0 spiro atoms. The molecular weight excluding hydrogens is 346 g/mol. The minimum absolute atomic E-state index is 0.0246. The van der Waals surface area contributed by atoms with Crippen LogP contribution in [0.5, 0.6) is 0 Å². The SMILES string of the molecule is NNc1ncc(Br)cc1S(=O)(=O)NCc1ccncc1. The van der Waals surface area contributed by atoms with Gasteiger partial charge in [0.15, 0.2) is 5.82 Å². The van der Waals surface area contributed by atoms with E-state index in [1.54, 1.807) is 24.5 Å². The van der Waals surface area contributed by atoms with Crippen molar-refractivity contribution in [2.24, 2.45) is 5.84 Å². The van der Waals surface area contributed by atoms with Crippen molar-refractivity contribution >= 4 is 31.8 Å². The lowest BCUT2D eigenvalue weighted by atomic mass is 10.3. The number of halogens is 1. The molecule has 0 bridgehead atoms. The maximum atomic E-state index is 12.3. The average molecular weight is 358 g/mol. The predicted octanol–water partition coefficient (Wildman–Crippen LogP) is 1.00. The molecule has 2 heterocycles. The molecular formula is C11H12BrN5O2S. The second kappa shape index (κ2) is 6.27. The Hall–Kier alpha value is -1.55. The first kappa shape index (κ1) is 14.9. The highest BCUT2D eigenvalue weighted by Crippen LogP contribution is 2.22. The van der Waals surface area contributed by atoms with E-state index in [2.05, 4.69) is 36.0 Å². The molecule has 0 saturated heterocycles. The minimum Gasteiger partial charge on any atom is -0.307 e. The summed E-state index contributed by atoms with van der Waals surface area (Å²) >= 11 is 3.18. The number of anilines is 1. The fourth-order valence-corrected chi connectivity index (χ4v) is 3.13. The normalized spacial score (nSPS) is 11.3. The molecule has 106 valence electrons. The Morgan fingerprint density at radius 2 is 2.00 bits per heavy atom. The first-order valence-electron chi connectivity index (χ1n) is 5.53. The van der Waals surface area contributed by atoms with Crippen molar-refractivity contribution in [3.63, 3.8) is 0 Å². The summed E-state index contributed by atoms with van der Waals surface area (Å²) in [5.41, 5.74) is 3.07. The summed E-state index contributed by atoms with van der Waals surface area (Å²) in [6, 6.07) is 4.88. The topological polar surface area (TPSA) is 110 Å². The van der Waals surface area contributed by atoms with Gasteiger partial charge in [0.25, 0.3) is 0 Å². The van der Waals surface area contributed by atoms with E-state index in [0.29, 0.717) is 4.47 Å². The Labute approximate surface area is 124 Å². The van der Waals surface area contributed by atoms with Crippen LogP contribution < -0.4 is 16.0 Å². The first-order valence-corrected chi connectivity index (χ1v) is 7.81.